The molecule has 1 aliphatic rings. The summed E-state index contributed by atoms with van der Waals surface area (Å²) in [5.74, 6) is -0.241. The van der Waals surface area contributed by atoms with Gasteiger partial charge in [-0.15, -0.1) is 0 Å². The lowest BCUT2D eigenvalue weighted by atomic mass is 9.79. The molecular weight excluding hydrogens is 324 g/mol. The van der Waals surface area contributed by atoms with Crippen LogP contribution < -0.4 is 10.6 Å². The van der Waals surface area contributed by atoms with Gasteiger partial charge in [-0.3, -0.25) is 4.79 Å². The van der Waals surface area contributed by atoms with Crippen LogP contribution in [0.1, 0.15) is 29.9 Å². The van der Waals surface area contributed by atoms with Crippen LogP contribution >= 0.6 is 0 Å². The minimum Gasteiger partial charge on any atom is -0.384 e. The fourth-order valence-corrected chi connectivity index (χ4v) is 3.80. The Labute approximate surface area is 156 Å². The number of rotatable bonds is 7. The van der Waals surface area contributed by atoms with Gasteiger partial charge in [0, 0.05) is 19.1 Å². The van der Waals surface area contributed by atoms with Gasteiger partial charge in [-0.2, -0.15) is 0 Å². The number of nitrogens with one attached hydrogen (secondary N) is 2. The SMILES string of the molecule is COCC1(CNC(=O)C(c2ccccc2)c2ccccc2)CCNCC1. The first-order chi connectivity index (χ1) is 12.7. The van der Waals surface area contributed by atoms with Gasteiger partial charge < -0.3 is 15.4 Å². The molecule has 0 unspecified atom stereocenters. The van der Waals surface area contributed by atoms with Crippen molar-refractivity contribution in [3.8, 4) is 0 Å². The van der Waals surface area contributed by atoms with Gasteiger partial charge in [0.15, 0.2) is 0 Å². The van der Waals surface area contributed by atoms with E-state index in [-0.39, 0.29) is 17.2 Å². The van der Waals surface area contributed by atoms with Crippen LogP contribution in [0.5, 0.6) is 0 Å². The normalized spacial score (nSPS) is 16.4. The maximum absolute atomic E-state index is 13.2. The molecule has 1 fully saturated rings. The van der Waals surface area contributed by atoms with Crippen molar-refractivity contribution in [3.05, 3.63) is 71.8 Å². The summed E-state index contributed by atoms with van der Waals surface area (Å²) in [5.41, 5.74) is 2.05. The average molecular weight is 352 g/mol. The largest absolute Gasteiger partial charge is 0.384 e. The summed E-state index contributed by atoms with van der Waals surface area (Å²) < 4.78 is 5.47. The molecule has 0 spiro atoms. The molecule has 2 aromatic carbocycles. The van der Waals surface area contributed by atoms with Crippen LogP contribution in [0.4, 0.5) is 0 Å². The molecule has 0 aliphatic carbocycles. The molecule has 1 saturated heterocycles. The maximum atomic E-state index is 13.2. The maximum Gasteiger partial charge on any atom is 0.232 e. The molecule has 0 bridgehead atoms. The number of ether oxygens (including phenoxy) is 1. The van der Waals surface area contributed by atoms with Gasteiger partial charge in [0.25, 0.3) is 0 Å². The number of carbonyl (C=O) groups is 1. The van der Waals surface area contributed by atoms with Crippen molar-refractivity contribution >= 4 is 5.91 Å². The average Bonchev–Trinajstić information content (AvgIpc) is 2.69. The molecule has 1 amide bonds. The molecule has 2 aromatic rings. The molecule has 3 rings (SSSR count). The van der Waals surface area contributed by atoms with Crippen molar-refractivity contribution < 1.29 is 9.53 Å². The van der Waals surface area contributed by atoms with Crippen molar-refractivity contribution in [3.63, 3.8) is 0 Å². The molecule has 4 nitrogen and oxygen atoms in total. The Kier molecular flexibility index (Phi) is 6.42. The highest BCUT2D eigenvalue weighted by Crippen LogP contribution is 2.30. The molecule has 1 aliphatic heterocycles. The zero-order chi connectivity index (χ0) is 18.2. The smallest absolute Gasteiger partial charge is 0.232 e. The summed E-state index contributed by atoms with van der Waals surface area (Å²) in [5, 5.41) is 6.62. The Morgan fingerprint density at radius 1 is 1.04 bits per heavy atom. The van der Waals surface area contributed by atoms with Crippen molar-refractivity contribution in [2.45, 2.75) is 18.8 Å². The van der Waals surface area contributed by atoms with Crippen molar-refractivity contribution in [1.29, 1.82) is 0 Å². The highest BCUT2D eigenvalue weighted by Gasteiger charge is 2.33. The number of carbonyl (C=O) groups excluding carboxylic acids is 1. The molecule has 0 radical (unpaired) electrons. The van der Waals surface area contributed by atoms with Crippen molar-refractivity contribution in [2.75, 3.05) is 33.4 Å². The summed E-state index contributed by atoms with van der Waals surface area (Å²) >= 11 is 0. The highest BCUT2D eigenvalue weighted by molar-refractivity contribution is 5.87. The molecule has 138 valence electrons. The lowest BCUT2D eigenvalue weighted by Gasteiger charge is -2.37. The Hall–Kier alpha value is -2.17. The molecule has 26 heavy (non-hydrogen) atoms. The monoisotopic (exact) mass is 352 g/mol. The van der Waals surface area contributed by atoms with Gasteiger partial charge >= 0.3 is 0 Å². The third kappa shape index (κ3) is 4.51. The van der Waals surface area contributed by atoms with E-state index in [0.717, 1.165) is 37.1 Å². The Morgan fingerprint density at radius 3 is 2.08 bits per heavy atom. The van der Waals surface area contributed by atoms with E-state index in [1.54, 1.807) is 7.11 Å². The van der Waals surface area contributed by atoms with Gasteiger partial charge in [-0.1, -0.05) is 60.7 Å². The van der Waals surface area contributed by atoms with E-state index in [1.807, 2.05) is 60.7 Å². The van der Waals surface area contributed by atoms with Crippen molar-refractivity contribution in [1.82, 2.24) is 10.6 Å². The Bertz CT molecular complexity index is 637. The van der Waals surface area contributed by atoms with E-state index in [9.17, 15) is 4.79 Å². The number of amides is 1. The predicted octanol–water partition coefficient (Wildman–Crippen LogP) is 2.95. The first kappa shape index (κ1) is 18.6. The zero-order valence-corrected chi connectivity index (χ0v) is 15.4. The molecule has 2 N–H and O–H groups in total. The quantitative estimate of drug-likeness (QED) is 0.805. The number of benzene rings is 2. The fraction of sp³-hybridized carbons (Fsp3) is 0.409. The molecule has 1 heterocycles. The number of piperidine rings is 1. The second-order valence-electron chi connectivity index (χ2n) is 7.16. The van der Waals surface area contributed by atoms with Gasteiger partial charge in [0.2, 0.25) is 5.91 Å². The molecule has 0 aromatic heterocycles. The highest BCUT2D eigenvalue weighted by atomic mass is 16.5. The molecule has 0 saturated carbocycles. The predicted molar refractivity (Wildman–Crippen MR) is 104 cm³/mol. The van der Waals surface area contributed by atoms with Crippen molar-refractivity contribution in [2.24, 2.45) is 5.41 Å². The number of hydrogen-bond donors (Lipinski definition) is 2. The molecule has 0 atom stereocenters. The van der Waals surface area contributed by atoms with Crippen LogP contribution in [0.15, 0.2) is 60.7 Å². The van der Waals surface area contributed by atoms with E-state index in [4.69, 9.17) is 4.74 Å². The second-order valence-corrected chi connectivity index (χ2v) is 7.16. The van der Waals surface area contributed by atoms with Crippen LogP contribution in [0, 0.1) is 5.41 Å². The van der Waals surface area contributed by atoms with Crippen LogP contribution in [0.25, 0.3) is 0 Å². The van der Waals surface area contributed by atoms with E-state index in [2.05, 4.69) is 10.6 Å². The summed E-state index contributed by atoms with van der Waals surface area (Å²) in [6, 6.07) is 20.0. The summed E-state index contributed by atoms with van der Waals surface area (Å²) in [7, 11) is 1.74. The van der Waals surface area contributed by atoms with Gasteiger partial charge in [0.05, 0.1) is 12.5 Å². The molecule has 4 heteroatoms. The van der Waals surface area contributed by atoms with Crippen LogP contribution in [-0.4, -0.2) is 39.3 Å². The first-order valence-electron chi connectivity index (χ1n) is 9.31. The third-order valence-electron chi connectivity index (χ3n) is 5.28. The zero-order valence-electron chi connectivity index (χ0n) is 15.4. The van der Waals surface area contributed by atoms with E-state index < -0.39 is 0 Å². The van der Waals surface area contributed by atoms with E-state index in [0.29, 0.717) is 13.2 Å². The number of hydrogen-bond acceptors (Lipinski definition) is 3. The summed E-state index contributed by atoms with van der Waals surface area (Å²) in [6.45, 7) is 3.27. The standard InChI is InChI=1S/C22H28N2O2/c1-26-17-22(12-14-23-15-13-22)16-24-21(25)20(18-8-4-2-5-9-18)19-10-6-3-7-11-19/h2-11,20,23H,12-17H2,1H3,(H,24,25). The van der Waals surface area contributed by atoms with Gasteiger partial charge in [-0.05, 0) is 37.1 Å². The first-order valence-corrected chi connectivity index (χ1v) is 9.31. The van der Waals surface area contributed by atoms with Crippen LogP contribution in [-0.2, 0) is 9.53 Å². The Balaban J connectivity index is 1.77. The lowest BCUT2D eigenvalue weighted by Crippen LogP contribution is -2.48. The summed E-state index contributed by atoms with van der Waals surface area (Å²) in [6.07, 6.45) is 2.03. The summed E-state index contributed by atoms with van der Waals surface area (Å²) in [4.78, 5) is 13.2. The number of methoxy groups -OCH3 is 1. The fourth-order valence-electron chi connectivity index (χ4n) is 3.80. The topological polar surface area (TPSA) is 50.4 Å². The Morgan fingerprint density at radius 2 is 1.58 bits per heavy atom. The van der Waals surface area contributed by atoms with E-state index >= 15 is 0 Å². The van der Waals surface area contributed by atoms with Gasteiger partial charge in [-0.25, -0.2) is 0 Å². The van der Waals surface area contributed by atoms with Gasteiger partial charge in [0.1, 0.15) is 0 Å². The van der Waals surface area contributed by atoms with Crippen LogP contribution in [0.2, 0.25) is 0 Å². The van der Waals surface area contributed by atoms with E-state index in [1.165, 1.54) is 0 Å². The lowest BCUT2D eigenvalue weighted by molar-refractivity contribution is -0.122. The third-order valence-corrected chi connectivity index (χ3v) is 5.28. The second kappa shape index (κ2) is 8.97. The minimum absolute atomic E-state index is 0.0214. The van der Waals surface area contributed by atoms with Crippen LogP contribution in [0.3, 0.4) is 0 Å². The molecular formula is C22H28N2O2. The minimum atomic E-state index is -0.293.